The van der Waals surface area contributed by atoms with Crippen molar-refractivity contribution in [3.05, 3.63) is 59.7 Å². The van der Waals surface area contributed by atoms with E-state index in [2.05, 4.69) is 16.0 Å². The van der Waals surface area contributed by atoms with Crippen LogP contribution in [0.2, 0.25) is 0 Å². The highest BCUT2D eigenvalue weighted by atomic mass is 16.6. The largest absolute Gasteiger partial charge is 0.444 e. The van der Waals surface area contributed by atoms with E-state index < -0.39 is 17.6 Å². The highest BCUT2D eigenvalue weighted by Gasteiger charge is 2.17. The number of ether oxygens (including phenoxy) is 1. The summed E-state index contributed by atoms with van der Waals surface area (Å²) in [6.07, 6.45) is -0.677. The molecular formula is C21H25N3O4. The number of amides is 3. The molecule has 2 aromatic rings. The van der Waals surface area contributed by atoms with Crippen molar-refractivity contribution in [2.24, 2.45) is 0 Å². The molecule has 148 valence electrons. The summed E-state index contributed by atoms with van der Waals surface area (Å²) >= 11 is 0. The molecule has 0 bridgehead atoms. The summed E-state index contributed by atoms with van der Waals surface area (Å²) < 4.78 is 5.09. The van der Waals surface area contributed by atoms with Gasteiger partial charge in [0.25, 0.3) is 5.91 Å². The van der Waals surface area contributed by atoms with E-state index >= 15 is 0 Å². The van der Waals surface area contributed by atoms with Crippen LogP contribution in [0.4, 0.5) is 16.2 Å². The van der Waals surface area contributed by atoms with Crippen molar-refractivity contribution in [1.29, 1.82) is 0 Å². The average molecular weight is 383 g/mol. The highest BCUT2D eigenvalue weighted by molar-refractivity contribution is 6.08. The van der Waals surface area contributed by atoms with Crippen molar-refractivity contribution >= 4 is 29.3 Å². The second kappa shape index (κ2) is 9.03. The fraction of sp³-hybridized carbons (Fsp3) is 0.286. The normalized spacial score (nSPS) is 10.7. The van der Waals surface area contributed by atoms with Crippen molar-refractivity contribution in [2.75, 3.05) is 17.2 Å². The molecule has 3 amide bonds. The Labute approximate surface area is 164 Å². The van der Waals surface area contributed by atoms with Gasteiger partial charge in [0.05, 0.1) is 11.4 Å². The van der Waals surface area contributed by atoms with Gasteiger partial charge in [-0.1, -0.05) is 30.3 Å². The molecule has 3 N–H and O–H groups in total. The van der Waals surface area contributed by atoms with Crippen molar-refractivity contribution in [3.63, 3.8) is 0 Å². The Balaban J connectivity index is 2.00. The number of benzene rings is 2. The van der Waals surface area contributed by atoms with E-state index in [4.69, 9.17) is 4.74 Å². The lowest BCUT2D eigenvalue weighted by Crippen LogP contribution is -2.37. The SMILES string of the molecule is Cc1ccccc1C(=O)Nc1ccccc1NC(=O)CNC(=O)OC(C)(C)C. The molecule has 0 aromatic heterocycles. The first-order valence-corrected chi connectivity index (χ1v) is 8.88. The van der Waals surface area contributed by atoms with E-state index in [0.717, 1.165) is 5.56 Å². The minimum atomic E-state index is -0.677. The van der Waals surface area contributed by atoms with Crippen LogP contribution in [-0.4, -0.2) is 30.1 Å². The van der Waals surface area contributed by atoms with Gasteiger partial charge in [-0.15, -0.1) is 0 Å². The molecule has 0 heterocycles. The Morgan fingerprint density at radius 2 is 1.46 bits per heavy atom. The quantitative estimate of drug-likeness (QED) is 0.733. The second-order valence-electron chi connectivity index (χ2n) is 7.22. The highest BCUT2D eigenvalue weighted by Crippen LogP contribution is 2.22. The summed E-state index contributed by atoms with van der Waals surface area (Å²) in [4.78, 5) is 36.3. The summed E-state index contributed by atoms with van der Waals surface area (Å²) in [5, 5.41) is 7.87. The van der Waals surface area contributed by atoms with Crippen LogP contribution >= 0.6 is 0 Å². The van der Waals surface area contributed by atoms with E-state index in [-0.39, 0.29) is 12.5 Å². The standard InChI is InChI=1S/C21H25N3O4/c1-14-9-5-6-10-15(14)19(26)24-17-12-8-7-11-16(17)23-18(25)13-22-20(27)28-21(2,3)4/h5-12H,13H2,1-4H3,(H,22,27)(H,23,25)(H,24,26). The Bertz CT molecular complexity index is 872. The third kappa shape index (κ3) is 6.42. The van der Waals surface area contributed by atoms with Gasteiger partial charge in [-0.3, -0.25) is 9.59 Å². The maximum absolute atomic E-state index is 12.5. The average Bonchev–Trinajstić information content (AvgIpc) is 2.60. The van der Waals surface area contributed by atoms with Gasteiger partial charge in [0.15, 0.2) is 0 Å². The van der Waals surface area contributed by atoms with Gasteiger partial charge in [0.1, 0.15) is 12.1 Å². The number of carbonyl (C=O) groups excluding carboxylic acids is 3. The minimum Gasteiger partial charge on any atom is -0.444 e. The van der Waals surface area contributed by atoms with Crippen molar-refractivity contribution in [1.82, 2.24) is 5.32 Å². The van der Waals surface area contributed by atoms with Crippen LogP contribution in [0.5, 0.6) is 0 Å². The van der Waals surface area contributed by atoms with Gasteiger partial charge < -0.3 is 20.7 Å². The maximum atomic E-state index is 12.5. The van der Waals surface area contributed by atoms with Crippen LogP contribution in [0.25, 0.3) is 0 Å². The predicted octanol–water partition coefficient (Wildman–Crippen LogP) is 3.71. The topological polar surface area (TPSA) is 96.5 Å². The van der Waals surface area contributed by atoms with Gasteiger partial charge >= 0.3 is 6.09 Å². The zero-order valence-corrected chi connectivity index (χ0v) is 16.5. The van der Waals surface area contributed by atoms with Crippen molar-refractivity contribution in [2.45, 2.75) is 33.3 Å². The number of hydrogen-bond donors (Lipinski definition) is 3. The van der Waals surface area contributed by atoms with Crippen molar-refractivity contribution < 1.29 is 19.1 Å². The molecule has 0 saturated carbocycles. The fourth-order valence-electron chi connectivity index (χ4n) is 2.38. The van der Waals surface area contributed by atoms with Gasteiger partial charge in [-0.05, 0) is 51.5 Å². The van der Waals surface area contributed by atoms with Gasteiger partial charge in [-0.2, -0.15) is 0 Å². The molecular weight excluding hydrogens is 358 g/mol. The third-order valence-electron chi connectivity index (χ3n) is 3.63. The zero-order chi connectivity index (χ0) is 20.7. The lowest BCUT2D eigenvalue weighted by molar-refractivity contribution is -0.115. The summed E-state index contributed by atoms with van der Waals surface area (Å²) in [5.74, 6) is -0.713. The lowest BCUT2D eigenvalue weighted by atomic mass is 10.1. The molecule has 0 aliphatic heterocycles. The van der Waals surface area contributed by atoms with Gasteiger partial charge in [-0.25, -0.2) is 4.79 Å². The van der Waals surface area contributed by atoms with Crippen LogP contribution in [0.3, 0.4) is 0 Å². The molecule has 0 saturated heterocycles. The number of anilines is 2. The van der Waals surface area contributed by atoms with Gasteiger partial charge in [0, 0.05) is 5.56 Å². The molecule has 0 spiro atoms. The van der Waals surface area contributed by atoms with Crippen LogP contribution in [-0.2, 0) is 9.53 Å². The van der Waals surface area contributed by atoms with E-state index in [9.17, 15) is 14.4 Å². The smallest absolute Gasteiger partial charge is 0.408 e. The number of aryl methyl sites for hydroxylation is 1. The molecule has 0 unspecified atom stereocenters. The number of alkyl carbamates (subject to hydrolysis) is 1. The molecule has 0 fully saturated rings. The van der Waals surface area contributed by atoms with Crippen LogP contribution in [0.1, 0.15) is 36.7 Å². The van der Waals surface area contributed by atoms with E-state index in [1.807, 2.05) is 19.1 Å². The van der Waals surface area contributed by atoms with Crippen LogP contribution in [0.15, 0.2) is 48.5 Å². The zero-order valence-electron chi connectivity index (χ0n) is 16.5. The molecule has 28 heavy (non-hydrogen) atoms. The van der Waals surface area contributed by atoms with Crippen LogP contribution in [0, 0.1) is 6.92 Å². The monoisotopic (exact) mass is 383 g/mol. The Morgan fingerprint density at radius 1 is 0.893 bits per heavy atom. The van der Waals surface area contributed by atoms with Gasteiger partial charge in [0.2, 0.25) is 5.91 Å². The molecule has 7 heteroatoms. The molecule has 0 atom stereocenters. The summed E-state index contributed by atoms with van der Waals surface area (Å²) in [5.41, 5.74) is 1.65. The Kier molecular flexibility index (Phi) is 6.76. The Hall–Kier alpha value is -3.35. The number of hydrogen-bond acceptors (Lipinski definition) is 4. The maximum Gasteiger partial charge on any atom is 0.408 e. The number of rotatable bonds is 5. The number of para-hydroxylation sites is 2. The van der Waals surface area contributed by atoms with Crippen LogP contribution < -0.4 is 16.0 Å². The predicted molar refractivity (Wildman–Crippen MR) is 108 cm³/mol. The molecule has 0 aliphatic carbocycles. The summed E-state index contributed by atoms with van der Waals surface area (Å²) in [7, 11) is 0. The second-order valence-corrected chi connectivity index (χ2v) is 7.22. The fourth-order valence-corrected chi connectivity index (χ4v) is 2.38. The molecule has 0 radical (unpaired) electrons. The number of carbonyl (C=O) groups is 3. The first-order valence-electron chi connectivity index (χ1n) is 8.88. The van der Waals surface area contributed by atoms with E-state index in [1.165, 1.54) is 0 Å². The number of nitrogens with one attached hydrogen (secondary N) is 3. The Morgan fingerprint density at radius 3 is 2.07 bits per heavy atom. The third-order valence-corrected chi connectivity index (χ3v) is 3.63. The van der Waals surface area contributed by atoms with Crippen molar-refractivity contribution in [3.8, 4) is 0 Å². The lowest BCUT2D eigenvalue weighted by Gasteiger charge is -2.19. The van der Waals surface area contributed by atoms with E-state index in [0.29, 0.717) is 16.9 Å². The summed E-state index contributed by atoms with van der Waals surface area (Å²) in [6, 6.07) is 14.1. The first kappa shape index (κ1) is 21.0. The molecule has 7 nitrogen and oxygen atoms in total. The molecule has 2 rings (SSSR count). The minimum absolute atomic E-state index is 0.255. The van der Waals surface area contributed by atoms with E-state index in [1.54, 1.807) is 57.2 Å². The summed E-state index contributed by atoms with van der Waals surface area (Å²) in [6.45, 7) is 6.81. The first-order chi connectivity index (χ1) is 13.2. The molecule has 2 aromatic carbocycles. The molecule has 0 aliphatic rings.